The number of likely N-dealkylation sites (tertiary alicyclic amines) is 2. The Bertz CT molecular complexity index is 457. The van der Waals surface area contributed by atoms with Crippen LogP contribution in [0.1, 0.15) is 58.3 Å². The zero-order chi connectivity index (χ0) is 16.4. The summed E-state index contributed by atoms with van der Waals surface area (Å²) in [7, 11) is 0. The Morgan fingerprint density at radius 2 is 1.58 bits per heavy atom. The first-order valence-electron chi connectivity index (χ1n) is 9.37. The van der Waals surface area contributed by atoms with Gasteiger partial charge in [-0.3, -0.25) is 9.59 Å². The molecule has 24 heavy (non-hydrogen) atoms. The number of piperidine rings is 2. The zero-order valence-corrected chi connectivity index (χ0v) is 15.7. The van der Waals surface area contributed by atoms with E-state index in [0.29, 0.717) is 24.9 Å². The lowest BCUT2D eigenvalue weighted by atomic mass is 9.90. The van der Waals surface area contributed by atoms with Crippen LogP contribution in [0.5, 0.6) is 0 Å². The van der Waals surface area contributed by atoms with Crippen molar-refractivity contribution in [3.05, 3.63) is 0 Å². The summed E-state index contributed by atoms with van der Waals surface area (Å²) in [5.74, 6) is 1.15. The Hall–Kier alpha value is -0.810. The highest BCUT2D eigenvalue weighted by Gasteiger charge is 2.41. The van der Waals surface area contributed by atoms with Crippen LogP contribution in [-0.4, -0.2) is 53.3 Å². The monoisotopic (exact) mass is 357 g/mol. The van der Waals surface area contributed by atoms with Crippen LogP contribution in [0.15, 0.2) is 0 Å². The third kappa shape index (κ3) is 4.05. The van der Waals surface area contributed by atoms with Gasteiger partial charge in [0, 0.05) is 32.1 Å². The number of nitrogens with two attached hydrogens (primary N) is 1. The minimum Gasteiger partial charge on any atom is -0.342 e. The van der Waals surface area contributed by atoms with Gasteiger partial charge in [-0.1, -0.05) is 19.8 Å². The molecule has 2 heterocycles. The smallest absolute Gasteiger partial charge is 0.242 e. The molecule has 2 N–H and O–H groups in total. The van der Waals surface area contributed by atoms with Gasteiger partial charge in [-0.2, -0.15) is 0 Å². The quantitative estimate of drug-likeness (QED) is 0.823. The highest BCUT2D eigenvalue weighted by Crippen LogP contribution is 2.31. The van der Waals surface area contributed by atoms with Crippen molar-refractivity contribution in [1.82, 2.24) is 9.80 Å². The molecule has 5 nitrogen and oxygen atoms in total. The maximum atomic E-state index is 12.7. The molecule has 1 atom stereocenters. The van der Waals surface area contributed by atoms with Crippen LogP contribution in [0.3, 0.4) is 0 Å². The third-order valence-corrected chi connectivity index (χ3v) is 6.02. The lowest BCUT2D eigenvalue weighted by Gasteiger charge is -2.39. The van der Waals surface area contributed by atoms with Gasteiger partial charge >= 0.3 is 0 Å². The Morgan fingerprint density at radius 1 is 0.958 bits per heavy atom. The summed E-state index contributed by atoms with van der Waals surface area (Å²) in [6.45, 7) is 5.43. The van der Waals surface area contributed by atoms with E-state index in [1.807, 2.05) is 4.90 Å². The standard InChI is InChI=1S/C18H31N3O2.ClH/c1-14-5-4-10-21(13-14)16(22)15-6-11-20(12-7-15)17(23)18(19)8-2-3-9-18;/h14-15H,2-13,19H2,1H3;1H. The van der Waals surface area contributed by atoms with Crippen LogP contribution < -0.4 is 5.73 Å². The second kappa shape index (κ2) is 8.05. The number of halogens is 1. The van der Waals surface area contributed by atoms with Crippen molar-refractivity contribution in [1.29, 1.82) is 0 Å². The molecule has 0 radical (unpaired) electrons. The molecule has 2 amide bonds. The van der Waals surface area contributed by atoms with E-state index in [1.54, 1.807) is 0 Å². The summed E-state index contributed by atoms with van der Waals surface area (Å²) < 4.78 is 0. The number of nitrogens with zero attached hydrogens (tertiary/aromatic N) is 2. The van der Waals surface area contributed by atoms with Crippen molar-refractivity contribution in [3.63, 3.8) is 0 Å². The average Bonchev–Trinajstić information content (AvgIpc) is 3.01. The molecule has 138 valence electrons. The molecule has 0 aromatic heterocycles. The molecule has 0 aromatic carbocycles. The highest BCUT2D eigenvalue weighted by atomic mass is 35.5. The van der Waals surface area contributed by atoms with Gasteiger partial charge in [0.25, 0.3) is 0 Å². The number of amides is 2. The van der Waals surface area contributed by atoms with Crippen LogP contribution in [0.25, 0.3) is 0 Å². The summed E-state index contributed by atoms with van der Waals surface area (Å²) in [6, 6.07) is 0. The van der Waals surface area contributed by atoms with Crippen LogP contribution in [0, 0.1) is 11.8 Å². The van der Waals surface area contributed by atoms with Gasteiger partial charge in [0.15, 0.2) is 0 Å². The lowest BCUT2D eigenvalue weighted by Crippen LogP contribution is -2.56. The molecular formula is C18H32ClN3O2. The number of carbonyl (C=O) groups is 2. The second-order valence-electron chi connectivity index (χ2n) is 7.96. The first-order chi connectivity index (χ1) is 11.0. The molecule has 2 aliphatic heterocycles. The van der Waals surface area contributed by atoms with E-state index in [1.165, 1.54) is 6.42 Å². The van der Waals surface area contributed by atoms with E-state index in [-0.39, 0.29) is 24.2 Å². The third-order valence-electron chi connectivity index (χ3n) is 6.02. The minimum atomic E-state index is -0.626. The fourth-order valence-corrected chi connectivity index (χ4v) is 4.51. The molecule has 1 aliphatic carbocycles. The van der Waals surface area contributed by atoms with Gasteiger partial charge in [-0.05, 0) is 44.4 Å². The first-order valence-corrected chi connectivity index (χ1v) is 9.37. The van der Waals surface area contributed by atoms with E-state index >= 15 is 0 Å². The maximum absolute atomic E-state index is 12.7. The molecule has 1 unspecified atom stereocenters. The molecule has 0 aromatic rings. The predicted molar refractivity (Wildman–Crippen MR) is 96.9 cm³/mol. The SMILES string of the molecule is CC1CCCN(C(=O)C2CCN(C(=O)C3(N)CCCC3)CC2)C1.Cl. The van der Waals surface area contributed by atoms with E-state index in [0.717, 1.165) is 58.0 Å². The highest BCUT2D eigenvalue weighted by molar-refractivity contribution is 5.87. The van der Waals surface area contributed by atoms with E-state index in [9.17, 15) is 9.59 Å². The summed E-state index contributed by atoms with van der Waals surface area (Å²) >= 11 is 0. The number of carbonyl (C=O) groups excluding carboxylic acids is 2. The topological polar surface area (TPSA) is 66.6 Å². The molecule has 3 rings (SSSR count). The molecule has 3 aliphatic rings. The maximum Gasteiger partial charge on any atom is 0.242 e. The van der Waals surface area contributed by atoms with Crippen LogP contribution in [0.4, 0.5) is 0 Å². The van der Waals surface area contributed by atoms with Crippen molar-refractivity contribution >= 4 is 24.2 Å². The minimum absolute atomic E-state index is 0. The first kappa shape index (κ1) is 19.5. The van der Waals surface area contributed by atoms with E-state index < -0.39 is 5.54 Å². The van der Waals surface area contributed by atoms with Gasteiger partial charge in [-0.25, -0.2) is 0 Å². The molecule has 2 saturated heterocycles. The summed E-state index contributed by atoms with van der Waals surface area (Å²) in [6.07, 6.45) is 7.70. The Morgan fingerprint density at radius 3 is 2.17 bits per heavy atom. The van der Waals surface area contributed by atoms with Crippen LogP contribution in [0.2, 0.25) is 0 Å². The summed E-state index contributed by atoms with van der Waals surface area (Å²) in [5, 5.41) is 0. The Kier molecular flexibility index (Phi) is 6.54. The van der Waals surface area contributed by atoms with Crippen molar-refractivity contribution in [2.75, 3.05) is 26.2 Å². The largest absolute Gasteiger partial charge is 0.342 e. The molecule has 0 spiro atoms. The van der Waals surface area contributed by atoms with Crippen molar-refractivity contribution in [2.45, 2.75) is 63.8 Å². The average molecular weight is 358 g/mol. The molecule has 3 fully saturated rings. The number of rotatable bonds is 2. The predicted octanol–water partition coefficient (Wildman–Crippen LogP) is 2.18. The van der Waals surface area contributed by atoms with E-state index in [4.69, 9.17) is 5.73 Å². The van der Waals surface area contributed by atoms with Gasteiger partial charge in [0.05, 0.1) is 5.54 Å². The van der Waals surface area contributed by atoms with Crippen molar-refractivity contribution < 1.29 is 9.59 Å². The fraction of sp³-hybridized carbons (Fsp3) is 0.889. The van der Waals surface area contributed by atoms with Gasteiger partial charge < -0.3 is 15.5 Å². The molecular weight excluding hydrogens is 326 g/mol. The normalized spacial score (nSPS) is 27.7. The Balaban J connectivity index is 0.00000208. The van der Waals surface area contributed by atoms with Crippen LogP contribution >= 0.6 is 12.4 Å². The summed E-state index contributed by atoms with van der Waals surface area (Å²) in [5.41, 5.74) is 5.67. The second-order valence-corrected chi connectivity index (χ2v) is 7.96. The summed E-state index contributed by atoms with van der Waals surface area (Å²) in [4.78, 5) is 29.3. The molecule has 6 heteroatoms. The number of hydrogen-bond donors (Lipinski definition) is 1. The fourth-order valence-electron chi connectivity index (χ4n) is 4.51. The number of hydrogen-bond acceptors (Lipinski definition) is 3. The van der Waals surface area contributed by atoms with E-state index in [2.05, 4.69) is 11.8 Å². The van der Waals surface area contributed by atoms with Gasteiger partial charge in [0.2, 0.25) is 11.8 Å². The molecule has 0 bridgehead atoms. The Labute approximate surface area is 151 Å². The van der Waals surface area contributed by atoms with Gasteiger partial charge in [-0.15, -0.1) is 12.4 Å². The van der Waals surface area contributed by atoms with Crippen molar-refractivity contribution in [2.24, 2.45) is 17.6 Å². The lowest BCUT2D eigenvalue weighted by molar-refractivity contribution is -0.144. The van der Waals surface area contributed by atoms with Gasteiger partial charge in [0.1, 0.15) is 0 Å². The zero-order valence-electron chi connectivity index (χ0n) is 14.8. The van der Waals surface area contributed by atoms with Crippen LogP contribution in [-0.2, 0) is 9.59 Å². The molecule has 1 saturated carbocycles. The van der Waals surface area contributed by atoms with Crippen molar-refractivity contribution in [3.8, 4) is 0 Å².